The monoisotopic (exact) mass is 392 g/mol. The molecule has 1 aromatic heterocycles. The number of carbonyl (C=O) groups excluding carboxylic acids is 1. The molecule has 0 unspecified atom stereocenters. The average molecular weight is 392 g/mol. The first-order chi connectivity index (χ1) is 12.9. The number of carbonyl (C=O) groups is 1. The van der Waals surface area contributed by atoms with Crippen molar-refractivity contribution in [2.45, 2.75) is 26.1 Å². The van der Waals surface area contributed by atoms with Crippen LogP contribution in [0.1, 0.15) is 24.4 Å². The molecule has 2 atom stereocenters. The minimum absolute atomic E-state index is 0.0101. The minimum Gasteiger partial charge on any atom is -0.459 e. The lowest BCUT2D eigenvalue weighted by Gasteiger charge is -2.34. The van der Waals surface area contributed by atoms with Crippen LogP contribution in [-0.4, -0.2) is 56.2 Å². The van der Waals surface area contributed by atoms with Crippen LogP contribution in [0, 0.1) is 0 Å². The number of nitrogens with zero attached hydrogens (tertiary/aromatic N) is 1. The van der Waals surface area contributed by atoms with E-state index in [1.54, 1.807) is 6.07 Å². The Kier molecular flexibility index (Phi) is 5.98. The minimum atomic E-state index is -3.47. The van der Waals surface area contributed by atoms with E-state index >= 15 is 0 Å². The first-order valence-electron chi connectivity index (χ1n) is 8.91. The Morgan fingerprint density at radius 3 is 2.48 bits per heavy atom. The molecule has 8 heteroatoms. The Balaban J connectivity index is 1.60. The van der Waals surface area contributed by atoms with Gasteiger partial charge in [0.1, 0.15) is 0 Å². The molecule has 2 aromatic rings. The molecular weight excluding hydrogens is 368 g/mol. The summed E-state index contributed by atoms with van der Waals surface area (Å²) in [4.78, 5) is 12.4. The maximum Gasteiger partial charge on any atom is 0.287 e. The van der Waals surface area contributed by atoms with Gasteiger partial charge in [0.15, 0.2) is 5.76 Å². The van der Waals surface area contributed by atoms with E-state index in [1.165, 1.54) is 10.6 Å². The summed E-state index contributed by atoms with van der Waals surface area (Å²) in [5.41, 5.74) is 1.53. The van der Waals surface area contributed by atoms with E-state index in [9.17, 15) is 13.2 Å². The molecule has 7 nitrogen and oxygen atoms in total. The SMILES string of the molecule is C[C@@H]1CN(S(=O)(=O)CCNC(=O)c2occc2-c2ccccc2)C[C@@H](C)O1. The number of amides is 1. The molecule has 1 aliphatic rings. The van der Waals surface area contributed by atoms with Crippen molar-refractivity contribution in [2.75, 3.05) is 25.4 Å². The third kappa shape index (κ3) is 4.77. The first-order valence-corrected chi connectivity index (χ1v) is 10.5. The lowest BCUT2D eigenvalue weighted by atomic mass is 10.1. The fourth-order valence-electron chi connectivity index (χ4n) is 3.19. The number of sulfonamides is 1. The van der Waals surface area contributed by atoms with Gasteiger partial charge in [-0.2, -0.15) is 4.31 Å². The van der Waals surface area contributed by atoms with Crippen LogP contribution in [0.3, 0.4) is 0 Å². The van der Waals surface area contributed by atoms with Crippen LogP contribution in [0.2, 0.25) is 0 Å². The standard InChI is InChI=1S/C19H24N2O5S/c1-14-12-21(13-15(2)26-14)27(23,24)11-9-20-19(22)18-17(8-10-25-18)16-6-4-3-5-7-16/h3-8,10,14-15H,9,11-13H2,1-2H3,(H,20,22)/t14-,15-/m1/s1. The van der Waals surface area contributed by atoms with Gasteiger partial charge in [-0.15, -0.1) is 0 Å². The normalized spacial score (nSPS) is 21.1. The highest BCUT2D eigenvalue weighted by molar-refractivity contribution is 7.89. The number of rotatable bonds is 6. The summed E-state index contributed by atoms with van der Waals surface area (Å²) in [5.74, 6) is -0.426. The van der Waals surface area contributed by atoms with Gasteiger partial charge in [0, 0.05) is 25.2 Å². The van der Waals surface area contributed by atoms with Gasteiger partial charge in [-0.05, 0) is 25.5 Å². The van der Waals surface area contributed by atoms with Crippen molar-refractivity contribution >= 4 is 15.9 Å². The zero-order valence-corrected chi connectivity index (χ0v) is 16.2. The average Bonchev–Trinajstić information content (AvgIpc) is 3.11. The highest BCUT2D eigenvalue weighted by Gasteiger charge is 2.30. The van der Waals surface area contributed by atoms with Crippen molar-refractivity contribution in [1.29, 1.82) is 0 Å². The predicted octanol–water partition coefficient (Wildman–Crippen LogP) is 2.12. The Labute approximate surface area is 159 Å². The van der Waals surface area contributed by atoms with Crippen molar-refractivity contribution in [3.63, 3.8) is 0 Å². The fraction of sp³-hybridized carbons (Fsp3) is 0.421. The summed E-state index contributed by atoms with van der Waals surface area (Å²) in [7, 11) is -3.47. The summed E-state index contributed by atoms with van der Waals surface area (Å²) in [6.45, 7) is 4.37. The molecule has 0 saturated carbocycles. The summed E-state index contributed by atoms with van der Waals surface area (Å²) < 4.78 is 37.4. The lowest BCUT2D eigenvalue weighted by molar-refractivity contribution is -0.0440. The topological polar surface area (TPSA) is 88.9 Å². The molecular formula is C19H24N2O5S. The molecule has 146 valence electrons. The Bertz CT molecular complexity index is 869. The summed E-state index contributed by atoms with van der Waals surface area (Å²) in [6.07, 6.45) is 1.16. The van der Waals surface area contributed by atoms with E-state index in [-0.39, 0.29) is 30.3 Å². The van der Waals surface area contributed by atoms with E-state index in [0.717, 1.165) is 5.56 Å². The fourth-order valence-corrected chi connectivity index (χ4v) is 4.68. The smallest absolute Gasteiger partial charge is 0.287 e. The highest BCUT2D eigenvalue weighted by Crippen LogP contribution is 2.24. The molecule has 1 N–H and O–H groups in total. The van der Waals surface area contributed by atoms with Crippen molar-refractivity contribution in [3.05, 3.63) is 48.4 Å². The summed E-state index contributed by atoms with van der Waals surface area (Å²) in [6, 6.07) is 11.1. The van der Waals surface area contributed by atoms with Crippen LogP contribution >= 0.6 is 0 Å². The second-order valence-corrected chi connectivity index (χ2v) is 8.76. The maximum atomic E-state index is 12.5. The summed E-state index contributed by atoms with van der Waals surface area (Å²) >= 11 is 0. The van der Waals surface area contributed by atoms with E-state index in [1.807, 2.05) is 44.2 Å². The summed E-state index contributed by atoms with van der Waals surface area (Å²) in [5, 5.41) is 2.64. The molecule has 1 fully saturated rings. The van der Waals surface area contributed by atoms with Crippen LogP contribution < -0.4 is 5.32 Å². The first kappa shape index (κ1) is 19.6. The van der Waals surface area contributed by atoms with Crippen molar-refractivity contribution in [1.82, 2.24) is 9.62 Å². The highest BCUT2D eigenvalue weighted by atomic mass is 32.2. The van der Waals surface area contributed by atoms with Crippen LogP contribution in [0.4, 0.5) is 0 Å². The van der Waals surface area contributed by atoms with Crippen LogP contribution in [0.25, 0.3) is 11.1 Å². The molecule has 2 heterocycles. The quantitative estimate of drug-likeness (QED) is 0.813. The van der Waals surface area contributed by atoms with Gasteiger partial charge in [-0.3, -0.25) is 4.79 Å². The molecule has 0 radical (unpaired) electrons. The molecule has 1 saturated heterocycles. The lowest BCUT2D eigenvalue weighted by Crippen LogP contribution is -2.49. The predicted molar refractivity (Wildman–Crippen MR) is 102 cm³/mol. The van der Waals surface area contributed by atoms with Gasteiger partial charge >= 0.3 is 0 Å². The number of ether oxygens (including phenoxy) is 1. The number of nitrogens with one attached hydrogen (secondary N) is 1. The molecule has 1 aliphatic heterocycles. The Morgan fingerprint density at radius 1 is 1.15 bits per heavy atom. The molecule has 0 bridgehead atoms. The number of hydrogen-bond donors (Lipinski definition) is 1. The van der Waals surface area contributed by atoms with E-state index in [4.69, 9.17) is 9.15 Å². The molecule has 27 heavy (non-hydrogen) atoms. The van der Waals surface area contributed by atoms with E-state index in [0.29, 0.717) is 18.7 Å². The Hall–Kier alpha value is -2.16. The van der Waals surface area contributed by atoms with Gasteiger partial charge in [-0.25, -0.2) is 8.42 Å². The van der Waals surface area contributed by atoms with Crippen LogP contribution in [-0.2, 0) is 14.8 Å². The number of hydrogen-bond acceptors (Lipinski definition) is 5. The molecule has 0 aliphatic carbocycles. The number of benzene rings is 1. The Morgan fingerprint density at radius 2 is 1.81 bits per heavy atom. The third-order valence-corrected chi connectivity index (χ3v) is 6.19. The molecule has 1 amide bonds. The molecule has 3 rings (SSSR count). The van der Waals surface area contributed by atoms with Gasteiger partial charge in [0.25, 0.3) is 5.91 Å². The third-order valence-electron chi connectivity index (χ3n) is 4.38. The second-order valence-electron chi connectivity index (χ2n) is 6.68. The number of morpholine rings is 1. The van der Waals surface area contributed by atoms with Crippen molar-refractivity contribution in [3.8, 4) is 11.1 Å². The second kappa shape index (κ2) is 8.24. The van der Waals surface area contributed by atoms with E-state index in [2.05, 4.69) is 5.32 Å². The maximum absolute atomic E-state index is 12.5. The van der Waals surface area contributed by atoms with Gasteiger partial charge < -0.3 is 14.5 Å². The van der Waals surface area contributed by atoms with Crippen LogP contribution in [0.15, 0.2) is 47.1 Å². The molecule has 1 aromatic carbocycles. The van der Waals surface area contributed by atoms with Crippen molar-refractivity contribution < 1.29 is 22.4 Å². The zero-order chi connectivity index (χ0) is 19.4. The van der Waals surface area contributed by atoms with Gasteiger partial charge in [-0.1, -0.05) is 30.3 Å². The van der Waals surface area contributed by atoms with Gasteiger partial charge in [0.2, 0.25) is 10.0 Å². The van der Waals surface area contributed by atoms with E-state index < -0.39 is 15.9 Å². The van der Waals surface area contributed by atoms with Crippen molar-refractivity contribution in [2.24, 2.45) is 0 Å². The zero-order valence-electron chi connectivity index (χ0n) is 15.4. The van der Waals surface area contributed by atoms with Crippen LogP contribution in [0.5, 0.6) is 0 Å². The number of furan rings is 1. The largest absolute Gasteiger partial charge is 0.459 e. The van der Waals surface area contributed by atoms with Gasteiger partial charge in [0.05, 0.1) is 24.2 Å². The molecule has 0 spiro atoms.